The molecule has 0 radical (unpaired) electrons. The quantitative estimate of drug-likeness (QED) is 0.166. The maximum absolute atomic E-state index is 6.62. The fourth-order valence-corrected chi connectivity index (χ4v) is 21.5. The van der Waals surface area contributed by atoms with E-state index in [4.69, 9.17) is 18.6 Å². The van der Waals surface area contributed by atoms with Crippen LogP contribution in [0.3, 0.4) is 0 Å². The van der Waals surface area contributed by atoms with Crippen LogP contribution in [0.4, 0.5) is 0 Å². The van der Waals surface area contributed by atoms with Crippen molar-refractivity contribution < 1.29 is 18.6 Å². The first-order valence-electron chi connectivity index (χ1n) is 42.2. The average Bonchev–Trinajstić information content (AvgIpc) is 1.73. The van der Waals surface area contributed by atoms with E-state index in [1.165, 1.54) is 173 Å². The van der Waals surface area contributed by atoms with Gasteiger partial charge < -0.3 is 23.2 Å². The van der Waals surface area contributed by atoms with E-state index in [1.807, 2.05) is 23.5 Å². The highest BCUT2D eigenvalue weighted by molar-refractivity contribution is 7.25. The van der Waals surface area contributed by atoms with Crippen molar-refractivity contribution in [2.24, 2.45) is 0 Å². The highest BCUT2D eigenvalue weighted by Gasteiger charge is 2.36. The molecule has 6 heterocycles. The highest BCUT2D eigenvalue weighted by Crippen LogP contribution is 2.57. The lowest BCUT2D eigenvalue weighted by molar-refractivity contribution is 0.456. The molecule has 6 heteroatoms. The summed E-state index contributed by atoms with van der Waals surface area (Å²) in [5, 5.41) is 22.3. The Morgan fingerprint density at radius 1 is 0.195 bits per heavy atom. The first-order valence-corrected chi connectivity index (χ1v) is 43.1. The van der Waals surface area contributed by atoms with Crippen LogP contribution in [0, 0.1) is 0 Å². The molecule has 3 aromatic heterocycles. The van der Waals surface area contributed by atoms with Crippen molar-refractivity contribution in [1.29, 1.82) is 0 Å². The fraction of sp³-hybridized carbons (Fsp3) is 0.0256. The van der Waals surface area contributed by atoms with Crippen molar-refractivity contribution in [3.05, 3.63) is 475 Å². The van der Waals surface area contributed by atoms with Crippen molar-refractivity contribution in [3.63, 3.8) is 0 Å². The minimum atomic E-state index is 0.0397. The number of fused-ring (bicyclic) bond motifs is 27. The number of ether oxygens (including phenoxy) is 3. The maximum atomic E-state index is 6.62. The summed E-state index contributed by atoms with van der Waals surface area (Å²) in [5.41, 5.74) is 21.4. The summed E-state index contributed by atoms with van der Waals surface area (Å²) in [6.45, 7) is 0. The van der Waals surface area contributed by atoms with Crippen molar-refractivity contribution in [2.75, 3.05) is 0 Å². The van der Waals surface area contributed by atoms with Crippen LogP contribution < -0.4 is 14.2 Å². The van der Waals surface area contributed by atoms with Crippen LogP contribution in [0.5, 0.6) is 34.5 Å². The second-order valence-electron chi connectivity index (χ2n) is 32.6. The number of thiophene rings is 1. The first-order chi connectivity index (χ1) is 61.0. The molecule has 0 amide bonds. The molecule has 576 valence electrons. The van der Waals surface area contributed by atoms with E-state index in [0.29, 0.717) is 0 Å². The number of rotatable bonds is 6. The minimum absolute atomic E-state index is 0.0397. The Balaban J connectivity index is 0.000000101. The molecule has 0 atom stereocenters. The van der Waals surface area contributed by atoms with Crippen LogP contribution in [-0.4, -0.2) is 4.57 Å². The molecule has 0 saturated carbocycles. The Bertz CT molecular complexity index is 7800. The monoisotopic (exact) mass is 1590 g/mol. The summed E-state index contributed by atoms with van der Waals surface area (Å²) in [7, 11) is 0. The van der Waals surface area contributed by atoms with Gasteiger partial charge in [0.25, 0.3) is 0 Å². The third kappa shape index (κ3) is 11.6. The van der Waals surface area contributed by atoms with E-state index >= 15 is 0 Å². The lowest BCUT2D eigenvalue weighted by atomic mass is 9.78. The zero-order valence-electron chi connectivity index (χ0n) is 66.6. The normalized spacial score (nSPS) is 13.0. The number of nitrogens with zero attached hydrogens (tertiary/aromatic N) is 1. The van der Waals surface area contributed by atoms with Gasteiger partial charge in [0, 0.05) is 98.5 Å². The Kier molecular flexibility index (Phi) is 16.4. The number of hydrogen-bond acceptors (Lipinski definition) is 5. The molecule has 123 heavy (non-hydrogen) atoms. The number of para-hydroxylation sites is 3. The molecule has 0 N–H and O–H groups in total. The largest absolute Gasteiger partial charge is 0.457 e. The van der Waals surface area contributed by atoms with Gasteiger partial charge in [-0.05, 0) is 195 Å². The molecule has 3 aliphatic rings. The van der Waals surface area contributed by atoms with Crippen molar-refractivity contribution in [3.8, 4) is 62.4 Å². The molecular weight excluding hydrogens is 1520 g/mol. The van der Waals surface area contributed by atoms with Gasteiger partial charge in [-0.3, -0.25) is 0 Å². The van der Waals surface area contributed by atoms with E-state index in [1.54, 1.807) is 0 Å². The number of hydrogen-bond donors (Lipinski definition) is 0. The van der Waals surface area contributed by atoms with Crippen LogP contribution in [0.2, 0.25) is 0 Å². The summed E-state index contributed by atoms with van der Waals surface area (Å²) >= 11 is 1.87. The smallest absolute Gasteiger partial charge is 0.136 e. The second-order valence-corrected chi connectivity index (χ2v) is 33.7. The van der Waals surface area contributed by atoms with Crippen molar-refractivity contribution in [2.45, 2.75) is 17.8 Å². The zero-order valence-corrected chi connectivity index (χ0v) is 67.5. The molecule has 3 aliphatic heterocycles. The summed E-state index contributed by atoms with van der Waals surface area (Å²) in [5.74, 6) is 5.74. The standard InChI is InChI=1S/C39H25NO.C39H24O2.C39H24OS/c1-3-11-29-25(9-1)19-23-35-38(29)37(39-30-12-4-2-10-26(30)20-24-36(39)41-35)27-17-21-28(22-18-27)40-33-15-7-5-13-31(33)32-14-6-8-16-34(32)40;1-3-9-29-25(7-1)18-21-34-38(29)37(39-30-10-4-2-8-26(30)19-22-35(39)41-34)27-15-13-24(14-16-27)28-17-20-32-31-11-5-6-12-33(31)40-36(32)23-28;1-3-9-29-25(7-1)18-21-33-38(29)37(39-30-10-4-2-8-26(30)19-22-34(39)40-33)27-15-13-24(14-16-27)28-17-20-32-31-11-5-6-12-35(31)41-36(32)23-28/h1-24,37H;2*1-23,37H. The predicted molar refractivity (Wildman–Crippen MR) is 511 cm³/mol. The number of aromatic nitrogens is 1. The molecule has 0 fully saturated rings. The van der Waals surface area contributed by atoms with E-state index in [9.17, 15) is 0 Å². The lowest BCUT2D eigenvalue weighted by Gasteiger charge is -2.31. The SMILES string of the molecule is c1ccc2c3c(ccc2c1)Oc1ccc2ccccc2c1C3c1ccc(-c2ccc3c(c2)oc2ccccc23)cc1.c1ccc2c3c(ccc2c1)Oc1ccc2ccccc2c1C3c1ccc(-c2ccc3c(c2)sc2ccccc23)cc1.c1ccc2c3c(ccc2c1)Oc1ccc2ccccc2c1C3c1ccc(-n2c3ccccc3c3ccccc32)cc1. The lowest BCUT2D eigenvalue weighted by Crippen LogP contribution is -2.13. The van der Waals surface area contributed by atoms with Gasteiger partial charge in [-0.15, -0.1) is 11.3 Å². The predicted octanol–water partition coefficient (Wildman–Crippen LogP) is 32.5. The van der Waals surface area contributed by atoms with Gasteiger partial charge >= 0.3 is 0 Å². The molecule has 0 bridgehead atoms. The second kappa shape index (κ2) is 28.6. The number of benzene rings is 21. The van der Waals surface area contributed by atoms with Gasteiger partial charge in [0.15, 0.2) is 0 Å². The zero-order chi connectivity index (χ0) is 80.7. The van der Waals surface area contributed by atoms with Gasteiger partial charge in [0.1, 0.15) is 45.7 Å². The molecule has 5 nitrogen and oxygen atoms in total. The number of furan rings is 1. The molecule has 0 unspecified atom stereocenters. The summed E-state index contributed by atoms with van der Waals surface area (Å²) in [6.07, 6.45) is 0. The molecule has 21 aromatic carbocycles. The topological polar surface area (TPSA) is 45.8 Å². The Hall–Kier alpha value is -15.6. The minimum Gasteiger partial charge on any atom is -0.457 e. The molecule has 0 aliphatic carbocycles. The van der Waals surface area contributed by atoms with Crippen LogP contribution in [0.25, 0.3) is 156 Å². The molecule has 27 rings (SSSR count). The highest BCUT2D eigenvalue weighted by atomic mass is 32.1. The third-order valence-electron chi connectivity index (χ3n) is 26.0. The van der Waals surface area contributed by atoms with Crippen LogP contribution in [-0.2, 0) is 0 Å². The maximum Gasteiger partial charge on any atom is 0.136 e. The molecule has 0 saturated heterocycles. The Labute approximate surface area is 713 Å². The van der Waals surface area contributed by atoms with Crippen molar-refractivity contribution in [1.82, 2.24) is 4.57 Å². The molecule has 0 spiro atoms. The Morgan fingerprint density at radius 2 is 0.480 bits per heavy atom. The van der Waals surface area contributed by atoms with Crippen LogP contribution in [0.1, 0.15) is 67.8 Å². The van der Waals surface area contributed by atoms with Gasteiger partial charge in [0.05, 0.1) is 11.0 Å². The molecule has 24 aromatic rings. The van der Waals surface area contributed by atoms with Crippen molar-refractivity contribution >= 4 is 140 Å². The molecular formula is C117H73NO4S. The van der Waals surface area contributed by atoms with Gasteiger partial charge in [-0.1, -0.05) is 334 Å². The van der Waals surface area contributed by atoms with E-state index in [-0.39, 0.29) is 17.8 Å². The average molecular weight is 1590 g/mol. The Morgan fingerprint density at radius 3 is 0.870 bits per heavy atom. The van der Waals surface area contributed by atoms with Crippen LogP contribution in [0.15, 0.2) is 429 Å². The van der Waals surface area contributed by atoms with Gasteiger partial charge in [-0.25, -0.2) is 0 Å². The van der Waals surface area contributed by atoms with Crippen LogP contribution >= 0.6 is 11.3 Å². The summed E-state index contributed by atoms with van der Waals surface area (Å²) < 4.78 is 31.0. The first kappa shape index (κ1) is 70.4. The fourth-order valence-electron chi connectivity index (χ4n) is 20.3. The van der Waals surface area contributed by atoms with Gasteiger partial charge in [-0.2, -0.15) is 0 Å². The van der Waals surface area contributed by atoms with E-state index in [2.05, 4.69) is 417 Å². The van der Waals surface area contributed by atoms with Gasteiger partial charge in [0.2, 0.25) is 0 Å². The summed E-state index contributed by atoms with van der Waals surface area (Å²) in [4.78, 5) is 0. The van der Waals surface area contributed by atoms with E-state index in [0.717, 1.165) is 67.7 Å². The van der Waals surface area contributed by atoms with E-state index < -0.39 is 0 Å². The third-order valence-corrected chi connectivity index (χ3v) is 27.1. The summed E-state index contributed by atoms with van der Waals surface area (Å²) in [6, 6.07) is 153.